The monoisotopic (exact) mass is 616 g/mol. The summed E-state index contributed by atoms with van der Waals surface area (Å²) in [6.45, 7) is 6.99. The van der Waals surface area contributed by atoms with Crippen molar-refractivity contribution in [2.24, 2.45) is 23.7 Å². The molecule has 2 amide bonds. The molecule has 16 heteroatoms. The largest absolute Gasteiger partial charge is 0.477 e. The van der Waals surface area contributed by atoms with Crippen LogP contribution in [0.1, 0.15) is 33.1 Å². The standard InChI is InChI=1S/C27H36N8O7S/c1-14(5-17(37)9-34-12-30-31-32-34)20-21-15(2)23(22(26(40)41)35(21)25(20)39)43-18-6-19(29-8-18)24(38)33-4-3-16-7-28-10-27(16,11-33)42-13-36/h12-16,18-21,28-29H,3-11H2,1-2H3,(H,40,41)/t14-,15+,16?,18-,19-,20+,21+,27?/m0/s1. The van der Waals surface area contributed by atoms with Crippen LogP contribution in [-0.2, 0) is 35.3 Å². The summed E-state index contributed by atoms with van der Waals surface area (Å²) in [5.41, 5.74) is -0.691. The van der Waals surface area contributed by atoms with Crippen molar-refractivity contribution in [1.29, 1.82) is 0 Å². The van der Waals surface area contributed by atoms with Gasteiger partial charge in [-0.2, -0.15) is 0 Å². The lowest BCUT2D eigenvalue weighted by Gasteiger charge is -2.47. The quantitative estimate of drug-likeness (QED) is 0.200. The van der Waals surface area contributed by atoms with Gasteiger partial charge in [0, 0.05) is 54.6 Å². The number of Topliss-reactive ketones (excluding diaryl/α,β-unsaturated/α-hetero) is 1. The topological polar surface area (TPSA) is 189 Å². The third-order valence-corrected chi connectivity index (χ3v) is 11.2. The minimum Gasteiger partial charge on any atom is -0.477 e. The van der Waals surface area contributed by atoms with E-state index < -0.39 is 23.5 Å². The highest BCUT2D eigenvalue weighted by Gasteiger charge is 2.60. The van der Waals surface area contributed by atoms with Crippen molar-refractivity contribution in [2.75, 3.05) is 32.7 Å². The Hall–Kier alpha value is -3.37. The van der Waals surface area contributed by atoms with Crippen LogP contribution in [0.4, 0.5) is 0 Å². The zero-order chi connectivity index (χ0) is 30.5. The zero-order valence-electron chi connectivity index (χ0n) is 24.0. The number of thioether (sulfide) groups is 1. The number of hydrogen-bond donors (Lipinski definition) is 3. The van der Waals surface area contributed by atoms with Gasteiger partial charge in [0.05, 0.1) is 24.5 Å². The molecular formula is C27H36N8O7S. The molecule has 0 bridgehead atoms. The number of hydrogen-bond acceptors (Lipinski definition) is 12. The SMILES string of the molecule is C[C@@H](CC(=O)Cn1cnnn1)[C@H]1C(=O)N2C(C(=O)O)=C(S[C@@H]3CN[C@H](C(=O)N4CCC5CNCC5(OC=O)C4)C3)[C@H](C)[C@H]12. The molecule has 8 atom stereocenters. The molecule has 5 aliphatic rings. The van der Waals surface area contributed by atoms with Gasteiger partial charge >= 0.3 is 5.97 Å². The molecule has 0 spiro atoms. The fraction of sp³-hybridized carbons (Fsp3) is 0.704. The number of ketones is 1. The molecule has 1 aromatic heterocycles. The molecule has 0 aromatic carbocycles. The smallest absolute Gasteiger partial charge is 0.353 e. The molecule has 0 radical (unpaired) electrons. The van der Waals surface area contributed by atoms with Gasteiger partial charge in [0.15, 0.2) is 5.78 Å². The number of aliphatic carboxylic acids is 1. The summed E-state index contributed by atoms with van der Waals surface area (Å²) in [5, 5.41) is 27.4. The number of nitrogens with zero attached hydrogens (tertiary/aromatic N) is 6. The lowest BCUT2D eigenvalue weighted by atomic mass is 9.73. The highest BCUT2D eigenvalue weighted by atomic mass is 32.2. The molecule has 5 aliphatic heterocycles. The molecule has 3 N–H and O–H groups in total. The molecule has 1 aromatic rings. The van der Waals surface area contributed by atoms with E-state index in [0.717, 1.165) is 13.0 Å². The molecule has 43 heavy (non-hydrogen) atoms. The molecule has 4 fully saturated rings. The number of aromatic nitrogens is 4. The summed E-state index contributed by atoms with van der Waals surface area (Å²) in [4.78, 5) is 66.8. The van der Waals surface area contributed by atoms with Gasteiger partial charge in [0.25, 0.3) is 6.47 Å². The summed E-state index contributed by atoms with van der Waals surface area (Å²) in [6.07, 6.45) is 2.77. The predicted octanol–water partition coefficient (Wildman–Crippen LogP) is -1.13. The van der Waals surface area contributed by atoms with E-state index in [1.807, 2.05) is 13.8 Å². The zero-order valence-corrected chi connectivity index (χ0v) is 24.9. The van der Waals surface area contributed by atoms with Crippen LogP contribution in [0.5, 0.6) is 0 Å². The Bertz CT molecular complexity index is 1340. The fourth-order valence-corrected chi connectivity index (χ4v) is 9.12. The minimum absolute atomic E-state index is 0.00880. The number of amides is 2. The van der Waals surface area contributed by atoms with Crippen molar-refractivity contribution in [1.82, 2.24) is 40.6 Å². The minimum atomic E-state index is -1.15. The number of carbonyl (C=O) groups is 5. The highest BCUT2D eigenvalue weighted by molar-refractivity contribution is 8.03. The van der Waals surface area contributed by atoms with Gasteiger partial charge in [0.2, 0.25) is 11.8 Å². The number of ether oxygens (including phenoxy) is 1. The van der Waals surface area contributed by atoms with Gasteiger partial charge in [-0.15, -0.1) is 16.9 Å². The van der Waals surface area contributed by atoms with Gasteiger partial charge < -0.3 is 30.3 Å². The van der Waals surface area contributed by atoms with Crippen molar-refractivity contribution in [2.45, 2.75) is 62.6 Å². The van der Waals surface area contributed by atoms with Crippen molar-refractivity contribution < 1.29 is 33.8 Å². The van der Waals surface area contributed by atoms with E-state index in [0.29, 0.717) is 44.0 Å². The molecule has 15 nitrogen and oxygen atoms in total. The average molecular weight is 617 g/mol. The fourth-order valence-electron chi connectivity index (χ4n) is 7.64. The second-order valence-corrected chi connectivity index (χ2v) is 13.7. The molecular weight excluding hydrogens is 580 g/mol. The number of likely N-dealkylation sites (tertiary alicyclic amines) is 1. The first-order chi connectivity index (χ1) is 20.6. The van der Waals surface area contributed by atoms with Crippen molar-refractivity contribution in [3.63, 3.8) is 0 Å². The lowest BCUT2D eigenvalue weighted by Crippen LogP contribution is -2.62. The van der Waals surface area contributed by atoms with Crippen LogP contribution in [0.25, 0.3) is 0 Å². The third-order valence-electron chi connectivity index (χ3n) is 9.73. The number of piperidine rings is 1. The van der Waals surface area contributed by atoms with Gasteiger partial charge in [-0.1, -0.05) is 13.8 Å². The maximum Gasteiger partial charge on any atom is 0.353 e. The molecule has 232 valence electrons. The second kappa shape index (κ2) is 11.6. The second-order valence-electron chi connectivity index (χ2n) is 12.4. The Balaban J connectivity index is 1.09. The van der Waals surface area contributed by atoms with Crippen LogP contribution in [-0.4, -0.2) is 121 Å². The Morgan fingerprint density at radius 1 is 1.33 bits per heavy atom. The van der Waals surface area contributed by atoms with E-state index in [2.05, 4.69) is 26.2 Å². The van der Waals surface area contributed by atoms with E-state index >= 15 is 0 Å². The van der Waals surface area contributed by atoms with E-state index in [9.17, 15) is 29.1 Å². The van der Waals surface area contributed by atoms with Gasteiger partial charge in [-0.3, -0.25) is 19.2 Å². The van der Waals surface area contributed by atoms with Crippen LogP contribution < -0.4 is 10.6 Å². The average Bonchev–Trinajstić information content (AvgIpc) is 3.76. The molecule has 6 rings (SSSR count). The number of carbonyl (C=O) groups excluding carboxylic acids is 4. The number of carboxylic acids is 1. The first-order valence-electron chi connectivity index (χ1n) is 14.7. The Kier molecular flexibility index (Phi) is 8.02. The highest BCUT2D eigenvalue weighted by Crippen LogP contribution is 2.53. The third kappa shape index (κ3) is 5.22. The maximum absolute atomic E-state index is 13.5. The Morgan fingerprint density at radius 2 is 2.14 bits per heavy atom. The van der Waals surface area contributed by atoms with Crippen LogP contribution in [0, 0.1) is 23.7 Å². The number of nitrogens with one attached hydrogen (secondary N) is 2. The van der Waals surface area contributed by atoms with Crippen LogP contribution in [0.15, 0.2) is 16.9 Å². The molecule has 0 aliphatic carbocycles. The first kappa shape index (κ1) is 29.7. The van der Waals surface area contributed by atoms with Crippen molar-refractivity contribution in [3.8, 4) is 0 Å². The molecule has 6 heterocycles. The molecule has 4 saturated heterocycles. The Labute approximate surface area is 252 Å². The summed E-state index contributed by atoms with van der Waals surface area (Å²) in [7, 11) is 0. The van der Waals surface area contributed by atoms with Crippen molar-refractivity contribution >= 4 is 41.8 Å². The number of rotatable bonds is 11. The molecule has 2 unspecified atom stereocenters. The van der Waals surface area contributed by atoms with E-state index in [-0.39, 0.29) is 65.3 Å². The number of carboxylic acid groups (broad SMARTS) is 1. The number of fused-ring (bicyclic) bond motifs is 2. The van der Waals surface area contributed by atoms with E-state index in [4.69, 9.17) is 4.74 Å². The van der Waals surface area contributed by atoms with E-state index in [1.54, 1.807) is 4.90 Å². The number of tetrazole rings is 1. The van der Waals surface area contributed by atoms with Gasteiger partial charge in [0.1, 0.15) is 24.2 Å². The summed E-state index contributed by atoms with van der Waals surface area (Å²) < 4.78 is 6.85. The first-order valence-corrected chi connectivity index (χ1v) is 15.6. The maximum atomic E-state index is 13.5. The lowest BCUT2D eigenvalue weighted by molar-refractivity contribution is -0.160. The van der Waals surface area contributed by atoms with Crippen LogP contribution >= 0.6 is 11.8 Å². The summed E-state index contributed by atoms with van der Waals surface area (Å²) in [6, 6.07) is -0.765. The summed E-state index contributed by atoms with van der Waals surface area (Å²) >= 11 is 1.43. The normalized spacial score (nSPS) is 34.0. The van der Waals surface area contributed by atoms with Crippen LogP contribution in [0.2, 0.25) is 0 Å². The van der Waals surface area contributed by atoms with Crippen LogP contribution in [0.3, 0.4) is 0 Å². The predicted molar refractivity (Wildman–Crippen MR) is 150 cm³/mol. The number of β-lactam (4-membered cyclic amide) rings is 1. The summed E-state index contributed by atoms with van der Waals surface area (Å²) in [5.74, 6) is -2.38. The van der Waals surface area contributed by atoms with Crippen molar-refractivity contribution in [3.05, 3.63) is 16.9 Å². The van der Waals surface area contributed by atoms with Gasteiger partial charge in [-0.05, 0) is 29.2 Å². The molecule has 0 saturated carbocycles. The Morgan fingerprint density at radius 3 is 2.86 bits per heavy atom. The van der Waals surface area contributed by atoms with Gasteiger partial charge in [-0.25, -0.2) is 9.48 Å². The van der Waals surface area contributed by atoms with E-state index in [1.165, 1.54) is 27.7 Å².